The van der Waals surface area contributed by atoms with E-state index in [0.717, 1.165) is 20.2 Å². The molecule has 0 fully saturated rings. The van der Waals surface area contributed by atoms with Crippen LogP contribution < -0.4 is 14.9 Å². The Hall–Kier alpha value is -1.53. The van der Waals surface area contributed by atoms with E-state index in [1.807, 2.05) is 58.0 Å². The third-order valence-electron chi connectivity index (χ3n) is 3.22. The summed E-state index contributed by atoms with van der Waals surface area (Å²) in [6.45, 7) is 8.52. The van der Waals surface area contributed by atoms with Crippen molar-refractivity contribution >= 4 is 43.8 Å². The molecular formula is C19H22Br2N2O2. The van der Waals surface area contributed by atoms with Crippen LogP contribution >= 0.6 is 31.9 Å². The first kappa shape index (κ1) is 19.8. The minimum absolute atomic E-state index is 0.0462. The standard InChI is InChI=1S/C19H22Br2N2O2/c1-5-24-16-10-14(17(20)18(21)19(16)25-12(2)3)11-22-23-15-8-6-7-13(4)9-15/h6-12,23H,5H2,1-4H3/b22-11+. The molecule has 0 bridgehead atoms. The second-order valence-electron chi connectivity index (χ2n) is 5.76. The van der Waals surface area contributed by atoms with Gasteiger partial charge in [0.05, 0.1) is 29.1 Å². The van der Waals surface area contributed by atoms with E-state index in [2.05, 4.69) is 42.4 Å². The molecule has 0 atom stereocenters. The van der Waals surface area contributed by atoms with Gasteiger partial charge in [-0.25, -0.2) is 0 Å². The fourth-order valence-electron chi connectivity index (χ4n) is 2.20. The third-order valence-corrected chi connectivity index (χ3v) is 5.37. The summed E-state index contributed by atoms with van der Waals surface area (Å²) in [7, 11) is 0. The van der Waals surface area contributed by atoms with E-state index >= 15 is 0 Å². The van der Waals surface area contributed by atoms with Crippen LogP contribution in [-0.4, -0.2) is 18.9 Å². The number of ether oxygens (including phenoxy) is 2. The van der Waals surface area contributed by atoms with Crippen LogP contribution in [0.5, 0.6) is 11.5 Å². The average molecular weight is 470 g/mol. The molecule has 0 unspecified atom stereocenters. The van der Waals surface area contributed by atoms with E-state index in [4.69, 9.17) is 9.47 Å². The molecule has 0 aliphatic heterocycles. The smallest absolute Gasteiger partial charge is 0.176 e. The summed E-state index contributed by atoms with van der Waals surface area (Å²) < 4.78 is 13.3. The van der Waals surface area contributed by atoms with Gasteiger partial charge < -0.3 is 9.47 Å². The second kappa shape index (κ2) is 9.25. The minimum atomic E-state index is 0.0462. The molecule has 2 aromatic carbocycles. The number of benzene rings is 2. The lowest BCUT2D eigenvalue weighted by Crippen LogP contribution is -2.09. The van der Waals surface area contributed by atoms with Crippen LogP contribution in [0.25, 0.3) is 0 Å². The molecule has 4 nitrogen and oxygen atoms in total. The molecule has 0 amide bonds. The fraction of sp³-hybridized carbons (Fsp3) is 0.316. The zero-order valence-electron chi connectivity index (χ0n) is 14.8. The van der Waals surface area contributed by atoms with Crippen molar-refractivity contribution < 1.29 is 9.47 Å². The molecule has 0 aliphatic rings. The number of aryl methyl sites for hydroxylation is 1. The number of hydrogen-bond donors (Lipinski definition) is 1. The van der Waals surface area contributed by atoms with Crippen LogP contribution in [0.3, 0.4) is 0 Å². The lowest BCUT2D eigenvalue weighted by molar-refractivity contribution is 0.222. The van der Waals surface area contributed by atoms with Gasteiger partial charge in [0.25, 0.3) is 0 Å². The first-order chi connectivity index (χ1) is 11.9. The number of nitrogens with zero attached hydrogens (tertiary/aromatic N) is 1. The Balaban J connectivity index is 2.29. The van der Waals surface area contributed by atoms with E-state index in [0.29, 0.717) is 18.1 Å². The average Bonchev–Trinajstić information content (AvgIpc) is 2.55. The lowest BCUT2D eigenvalue weighted by Gasteiger charge is -2.18. The van der Waals surface area contributed by atoms with Gasteiger partial charge in [-0.3, -0.25) is 5.43 Å². The normalized spacial score (nSPS) is 11.2. The maximum Gasteiger partial charge on any atom is 0.176 e. The predicted molar refractivity (Wildman–Crippen MR) is 111 cm³/mol. The van der Waals surface area contributed by atoms with Gasteiger partial charge >= 0.3 is 0 Å². The molecule has 0 saturated carbocycles. The highest BCUT2D eigenvalue weighted by atomic mass is 79.9. The Morgan fingerprint density at radius 2 is 1.96 bits per heavy atom. The Morgan fingerprint density at radius 1 is 1.20 bits per heavy atom. The molecular weight excluding hydrogens is 448 g/mol. The molecule has 1 N–H and O–H groups in total. The van der Waals surface area contributed by atoms with Gasteiger partial charge in [0.1, 0.15) is 0 Å². The quantitative estimate of drug-likeness (QED) is 0.390. The van der Waals surface area contributed by atoms with Gasteiger partial charge in [-0.1, -0.05) is 12.1 Å². The van der Waals surface area contributed by atoms with Crippen molar-refractivity contribution in [2.24, 2.45) is 5.10 Å². The van der Waals surface area contributed by atoms with Gasteiger partial charge in [-0.2, -0.15) is 5.10 Å². The number of rotatable bonds is 7. The van der Waals surface area contributed by atoms with Crippen LogP contribution in [0, 0.1) is 6.92 Å². The summed E-state index contributed by atoms with van der Waals surface area (Å²) in [4.78, 5) is 0. The highest BCUT2D eigenvalue weighted by molar-refractivity contribution is 9.13. The molecule has 6 heteroatoms. The molecule has 0 aliphatic carbocycles. The molecule has 0 radical (unpaired) electrons. The van der Waals surface area contributed by atoms with Gasteiger partial charge in [0, 0.05) is 10.0 Å². The van der Waals surface area contributed by atoms with Gasteiger partial charge in [0.15, 0.2) is 11.5 Å². The van der Waals surface area contributed by atoms with E-state index in [-0.39, 0.29) is 6.10 Å². The number of nitrogens with one attached hydrogen (secondary N) is 1. The van der Waals surface area contributed by atoms with E-state index in [1.165, 1.54) is 5.56 Å². The van der Waals surface area contributed by atoms with Gasteiger partial charge in [-0.15, -0.1) is 0 Å². The molecule has 0 aromatic heterocycles. The Bertz CT molecular complexity index is 761. The minimum Gasteiger partial charge on any atom is -0.490 e. The van der Waals surface area contributed by atoms with Crippen LogP contribution in [0.1, 0.15) is 31.9 Å². The lowest BCUT2D eigenvalue weighted by atomic mass is 10.2. The second-order valence-corrected chi connectivity index (χ2v) is 7.35. The topological polar surface area (TPSA) is 42.8 Å². The first-order valence-corrected chi connectivity index (χ1v) is 9.68. The molecule has 0 saturated heterocycles. The summed E-state index contributed by atoms with van der Waals surface area (Å²) in [5.74, 6) is 1.37. The van der Waals surface area contributed by atoms with Crippen LogP contribution in [0.2, 0.25) is 0 Å². The van der Waals surface area contributed by atoms with Crippen molar-refractivity contribution in [3.8, 4) is 11.5 Å². The van der Waals surface area contributed by atoms with Crippen molar-refractivity contribution in [2.75, 3.05) is 12.0 Å². The molecule has 134 valence electrons. The van der Waals surface area contributed by atoms with Crippen molar-refractivity contribution in [1.82, 2.24) is 0 Å². The van der Waals surface area contributed by atoms with Crippen molar-refractivity contribution in [2.45, 2.75) is 33.8 Å². The maximum absolute atomic E-state index is 5.89. The summed E-state index contributed by atoms with van der Waals surface area (Å²) in [5, 5.41) is 4.32. The zero-order valence-corrected chi connectivity index (χ0v) is 17.9. The van der Waals surface area contributed by atoms with Crippen LogP contribution in [0.4, 0.5) is 5.69 Å². The summed E-state index contributed by atoms with van der Waals surface area (Å²) in [6.07, 6.45) is 1.80. The highest BCUT2D eigenvalue weighted by Crippen LogP contribution is 2.42. The molecule has 0 spiro atoms. The SMILES string of the molecule is CCOc1cc(/C=N/Nc2cccc(C)c2)c(Br)c(Br)c1OC(C)C. The number of hydrazone groups is 1. The van der Waals surface area contributed by atoms with E-state index in [9.17, 15) is 0 Å². The Kier molecular flexibility index (Phi) is 7.32. The molecule has 25 heavy (non-hydrogen) atoms. The highest BCUT2D eigenvalue weighted by Gasteiger charge is 2.17. The number of hydrogen-bond acceptors (Lipinski definition) is 4. The fourth-order valence-corrected chi connectivity index (χ4v) is 3.11. The molecule has 2 aromatic rings. The van der Waals surface area contributed by atoms with E-state index < -0.39 is 0 Å². The van der Waals surface area contributed by atoms with Crippen molar-refractivity contribution in [3.05, 3.63) is 50.4 Å². The van der Waals surface area contributed by atoms with Crippen LogP contribution in [0.15, 0.2) is 44.4 Å². The molecule has 2 rings (SSSR count). The first-order valence-electron chi connectivity index (χ1n) is 8.09. The van der Waals surface area contributed by atoms with Gasteiger partial charge in [0.2, 0.25) is 0 Å². The third kappa shape index (κ3) is 5.47. The van der Waals surface area contributed by atoms with Gasteiger partial charge in [-0.05, 0) is 83.3 Å². The Labute approximate surface area is 165 Å². The monoisotopic (exact) mass is 468 g/mol. The summed E-state index contributed by atoms with van der Waals surface area (Å²) >= 11 is 7.20. The van der Waals surface area contributed by atoms with Crippen molar-refractivity contribution in [1.29, 1.82) is 0 Å². The predicted octanol–water partition coefficient (Wildman–Crippen LogP) is 6.15. The van der Waals surface area contributed by atoms with E-state index in [1.54, 1.807) is 6.21 Å². The summed E-state index contributed by atoms with van der Waals surface area (Å²) in [5.41, 5.74) is 6.04. The largest absolute Gasteiger partial charge is 0.490 e. The maximum atomic E-state index is 5.89. The van der Waals surface area contributed by atoms with Crippen molar-refractivity contribution in [3.63, 3.8) is 0 Å². The summed E-state index contributed by atoms with van der Waals surface area (Å²) in [6, 6.07) is 9.96. The number of anilines is 1. The zero-order chi connectivity index (χ0) is 18.4. The van der Waals surface area contributed by atoms with Crippen LogP contribution in [-0.2, 0) is 0 Å². The molecule has 0 heterocycles. The Morgan fingerprint density at radius 3 is 2.60 bits per heavy atom. The number of halogens is 2.